The number of nitro groups is 1. The molecule has 0 unspecified atom stereocenters. The normalized spacial score (nSPS) is 13.4. The van der Waals surface area contributed by atoms with Crippen molar-refractivity contribution in [1.82, 2.24) is 0 Å². The molecule has 7 aromatic carbocycles. The van der Waals surface area contributed by atoms with Crippen molar-refractivity contribution in [3.05, 3.63) is 94.5 Å². The largest absolute Gasteiger partial charge is 0.505 e. The van der Waals surface area contributed by atoms with E-state index in [0.29, 0.717) is 35.9 Å². The van der Waals surface area contributed by atoms with Gasteiger partial charge in [0.2, 0.25) is 0 Å². The lowest BCUT2D eigenvalue weighted by atomic mass is 10.0. The predicted molar refractivity (Wildman–Crippen MR) is 298 cm³/mol. The molecular weight excluding hydrogens is 1370 g/mol. The zero-order valence-electron chi connectivity index (χ0n) is 43.2. The number of benzene rings is 7. The van der Waals surface area contributed by atoms with Crippen molar-refractivity contribution >= 4 is 159 Å². The number of phenols is 2. The quantitative estimate of drug-likeness (QED) is 0.00842. The molecule has 0 spiro atoms. The van der Waals surface area contributed by atoms with Crippen LogP contribution >= 0.6 is 0 Å². The third-order valence-corrected chi connectivity index (χ3v) is 18.7. The number of anilines is 1. The zero-order chi connectivity index (χ0) is 66.7. The molecule has 0 aliphatic carbocycles. The molecule has 7 aromatic rings. The van der Waals surface area contributed by atoms with Crippen molar-refractivity contribution in [3.8, 4) is 17.2 Å². The van der Waals surface area contributed by atoms with Gasteiger partial charge in [-0.3, -0.25) is 46.5 Å². The highest BCUT2D eigenvalue weighted by atomic mass is 32.2. The van der Waals surface area contributed by atoms with Crippen LogP contribution in [0.5, 0.6) is 17.2 Å². The fraction of sp³-hybridized carbons (Fsp3) is 0.0952. The third kappa shape index (κ3) is 15.3. The minimum atomic E-state index is -5.88. The van der Waals surface area contributed by atoms with Gasteiger partial charge in [0.25, 0.3) is 86.6 Å². The molecule has 0 amide bonds. The van der Waals surface area contributed by atoms with Crippen LogP contribution in [0.3, 0.4) is 0 Å². The van der Waals surface area contributed by atoms with Crippen LogP contribution in [0.25, 0.3) is 21.5 Å². The summed E-state index contributed by atoms with van der Waals surface area (Å²) in [7, 11) is -44.1. The number of nitrogen functional groups attached to an aromatic ring is 1. The van der Waals surface area contributed by atoms with Gasteiger partial charge in [-0.2, -0.15) is 72.5 Å². The van der Waals surface area contributed by atoms with Crippen molar-refractivity contribution in [2.75, 3.05) is 18.1 Å². The van der Waals surface area contributed by atoms with Gasteiger partial charge in [0.05, 0.1) is 34.0 Å². The highest BCUT2D eigenvalue weighted by molar-refractivity contribution is 7.88. The molecule has 0 aliphatic heterocycles. The maximum absolute atomic E-state index is 13.2. The van der Waals surface area contributed by atoms with Crippen LogP contribution in [-0.4, -0.2) is 131 Å². The SMILES string of the molecule is Cc1ccc(OCCCS(=O)(=O)O)cc1N=Nc1cc(S(=O)(=O)O)c(N=Nc2c(S(=O)(=O)O)cc3c(S(=O)(=O)O)c(N=Nc4cc(S(=O)(=O)O)c5cc(S(=O)(=O)O)c(N=Nc6ccc([N+](=O)[O-])cc6S(=O)(=O)O)c(O)c5c4N)ccc3c2O)cc1S(=O)(=O)O. The minimum absolute atomic E-state index is 0.0238. The van der Waals surface area contributed by atoms with Gasteiger partial charge in [-0.25, -0.2) is 0 Å². The van der Waals surface area contributed by atoms with E-state index in [1.54, 1.807) is 0 Å². The summed E-state index contributed by atoms with van der Waals surface area (Å²) in [6.07, 6.45) is -0.173. The molecule has 39 nitrogen and oxygen atoms in total. The number of rotatable bonds is 21. The molecule has 47 heteroatoms. The molecule has 0 aliphatic rings. The van der Waals surface area contributed by atoms with E-state index in [-0.39, 0.29) is 54.8 Å². The van der Waals surface area contributed by atoms with Crippen LogP contribution in [0, 0.1) is 17.0 Å². The Bertz CT molecular complexity index is 5340. The van der Waals surface area contributed by atoms with Crippen LogP contribution in [0.2, 0.25) is 0 Å². The number of ether oxygens (including phenoxy) is 1. The van der Waals surface area contributed by atoms with Gasteiger partial charge in [0, 0.05) is 34.4 Å². The molecule has 0 heterocycles. The Balaban J connectivity index is 1.38. The summed E-state index contributed by atoms with van der Waals surface area (Å²) in [5.41, 5.74) is -4.02. The van der Waals surface area contributed by atoms with Crippen LogP contribution in [0.15, 0.2) is 154 Å². The fourth-order valence-corrected chi connectivity index (χ4v) is 13.0. The van der Waals surface area contributed by atoms with E-state index < -0.39 is 210 Å². The molecular formula is C42H34N10O29S8. The molecule has 0 saturated carbocycles. The van der Waals surface area contributed by atoms with Crippen molar-refractivity contribution in [2.24, 2.45) is 40.9 Å². The molecule has 474 valence electrons. The molecule has 0 saturated heterocycles. The first-order chi connectivity index (χ1) is 40.7. The number of azo groups is 4. The number of hydrogen-bond acceptors (Lipinski definition) is 30. The second kappa shape index (κ2) is 24.0. The first-order valence-electron chi connectivity index (χ1n) is 22.8. The number of nitrogens with zero attached hydrogens (tertiary/aromatic N) is 9. The number of nitrogens with two attached hydrogens (primary N) is 1. The Morgan fingerprint density at radius 1 is 0.449 bits per heavy atom. The zero-order valence-corrected chi connectivity index (χ0v) is 49.8. The van der Waals surface area contributed by atoms with Crippen molar-refractivity contribution in [3.63, 3.8) is 0 Å². The van der Waals surface area contributed by atoms with Gasteiger partial charge in [0.15, 0.2) is 11.5 Å². The molecule has 7 rings (SSSR count). The van der Waals surface area contributed by atoms with Crippen molar-refractivity contribution < 1.29 is 124 Å². The summed E-state index contributed by atoms with van der Waals surface area (Å²) < 4.78 is 286. The number of nitro benzene ring substituents is 1. The first-order valence-corrected chi connectivity index (χ1v) is 34.5. The molecule has 12 N–H and O–H groups in total. The van der Waals surface area contributed by atoms with Crippen LogP contribution < -0.4 is 10.5 Å². The molecule has 0 atom stereocenters. The average Bonchev–Trinajstić information content (AvgIpc) is 0.758. The van der Waals surface area contributed by atoms with Crippen LogP contribution in [0.1, 0.15) is 12.0 Å². The standard InChI is InChI=1S/C42H34N10O29S8/c1-18-3-5-20(81-9-2-10-82(57,58)59)12-26(18)46-47-27-15-33(86(69,70)71)28(16-32(27)85(66,67)68)48-50-38-34(87(72,73)74)13-22-21(40(38)53)6-8-25(42(22)89(78,79)80)45-49-29-17-30(83(60,61)62)23-14-35(88(75,76)77)39(41(54)36(23)37(29)43)51-44-24-7-4-19(52(55)56)11-31(24)84(63,64)65/h3-8,11-17,53-54H,2,9-10,43H2,1H3,(H,57,58,59)(H,60,61,62)(H,63,64,65)(H,66,67,68)(H,69,70,71)(H,72,73,74)(H,75,76,77)(H,78,79,80). The number of aromatic hydroxyl groups is 2. The van der Waals surface area contributed by atoms with Gasteiger partial charge in [-0.05, 0) is 73.5 Å². The van der Waals surface area contributed by atoms with Gasteiger partial charge in [-0.15, -0.1) is 35.8 Å². The smallest absolute Gasteiger partial charge is 0.297 e. The Kier molecular flexibility index (Phi) is 18.3. The van der Waals surface area contributed by atoms with Crippen LogP contribution in [0.4, 0.5) is 56.9 Å². The Hall–Kier alpha value is -8.66. The van der Waals surface area contributed by atoms with Gasteiger partial charge in [0.1, 0.15) is 79.8 Å². The molecule has 0 bridgehead atoms. The Labute approximate surface area is 498 Å². The monoisotopic (exact) mass is 1400 g/mol. The summed E-state index contributed by atoms with van der Waals surface area (Å²) in [5.74, 6) is -3.78. The number of fused-ring (bicyclic) bond motifs is 2. The predicted octanol–water partition coefficient (Wildman–Crippen LogP) is 7.25. The lowest BCUT2D eigenvalue weighted by Gasteiger charge is -2.15. The summed E-state index contributed by atoms with van der Waals surface area (Å²) >= 11 is 0. The van der Waals surface area contributed by atoms with E-state index in [1.165, 1.54) is 25.1 Å². The van der Waals surface area contributed by atoms with Gasteiger partial charge < -0.3 is 20.7 Å². The average molecular weight is 1400 g/mol. The van der Waals surface area contributed by atoms with Crippen molar-refractivity contribution in [1.29, 1.82) is 0 Å². The Morgan fingerprint density at radius 2 is 0.888 bits per heavy atom. The maximum Gasteiger partial charge on any atom is 0.297 e. The fourth-order valence-electron chi connectivity index (χ4n) is 7.78. The summed E-state index contributed by atoms with van der Waals surface area (Å²) in [6, 6.07) is 7.75. The van der Waals surface area contributed by atoms with Crippen LogP contribution in [-0.2, 0) is 80.9 Å². The van der Waals surface area contributed by atoms with E-state index in [0.717, 1.165) is 0 Å². The van der Waals surface area contributed by atoms with E-state index in [9.17, 15) is 120 Å². The van der Waals surface area contributed by atoms with Crippen molar-refractivity contribution in [2.45, 2.75) is 47.6 Å². The highest BCUT2D eigenvalue weighted by Crippen LogP contribution is 2.50. The number of non-ortho nitro benzene ring substituents is 1. The summed E-state index contributed by atoms with van der Waals surface area (Å²) in [4.78, 5) is -0.155. The first kappa shape index (κ1) is 67.8. The number of phenolic OH excluding ortho intramolecular Hbond substituents is 2. The second-order valence-corrected chi connectivity index (χ2v) is 28.9. The maximum atomic E-state index is 13.2. The topological polar surface area (TPSA) is 653 Å². The minimum Gasteiger partial charge on any atom is -0.505 e. The van der Waals surface area contributed by atoms with Gasteiger partial charge >= 0.3 is 0 Å². The number of hydrogen-bond donors (Lipinski definition) is 11. The molecule has 0 fully saturated rings. The molecule has 0 radical (unpaired) electrons. The molecule has 0 aromatic heterocycles. The summed E-state index contributed by atoms with van der Waals surface area (Å²) in [5, 5.41) is 58.3. The van der Waals surface area contributed by atoms with Gasteiger partial charge in [-0.1, -0.05) is 6.07 Å². The number of aryl methyl sites for hydroxylation is 1. The van der Waals surface area contributed by atoms with E-state index in [2.05, 4.69) is 40.9 Å². The summed E-state index contributed by atoms with van der Waals surface area (Å²) in [6.45, 7) is 1.20. The Morgan fingerprint density at radius 3 is 1.39 bits per heavy atom. The van der Waals surface area contributed by atoms with E-state index in [1.807, 2.05) is 0 Å². The van der Waals surface area contributed by atoms with E-state index in [4.69, 9.17) is 15.0 Å². The second-order valence-electron chi connectivity index (χ2n) is 17.6. The highest BCUT2D eigenvalue weighted by Gasteiger charge is 2.32. The lowest BCUT2D eigenvalue weighted by Crippen LogP contribution is -2.08. The van der Waals surface area contributed by atoms with E-state index >= 15 is 0 Å². The molecule has 89 heavy (non-hydrogen) atoms. The lowest BCUT2D eigenvalue weighted by molar-refractivity contribution is -0.385. The third-order valence-electron chi connectivity index (χ3n) is 11.6.